The molecule has 0 saturated carbocycles. The number of nitrogens with zero attached hydrogens (tertiary/aromatic N) is 1. The topological polar surface area (TPSA) is 87.5 Å². The molecule has 0 spiro atoms. The minimum atomic E-state index is -0.530. The molecule has 1 rings (SSSR count). The smallest absolute Gasteiger partial charge is 0.312 e. The highest BCUT2D eigenvalue weighted by Gasteiger charge is 2.08. The van der Waals surface area contributed by atoms with Gasteiger partial charge in [0.2, 0.25) is 5.91 Å². The molecule has 0 bridgehead atoms. The van der Waals surface area contributed by atoms with Crippen LogP contribution in [-0.4, -0.2) is 31.1 Å². The zero-order valence-corrected chi connectivity index (χ0v) is 14.3. The van der Waals surface area contributed by atoms with Crippen LogP contribution < -0.4 is 21.3 Å². The number of hydrogen-bond donors (Lipinski definition) is 3. The van der Waals surface area contributed by atoms with Gasteiger partial charge >= 0.3 is 6.03 Å². The summed E-state index contributed by atoms with van der Waals surface area (Å²) >= 11 is 0. The second-order valence-electron chi connectivity index (χ2n) is 5.72. The van der Waals surface area contributed by atoms with E-state index in [0.717, 1.165) is 24.3 Å². The van der Waals surface area contributed by atoms with E-state index in [2.05, 4.69) is 36.3 Å². The highest BCUT2D eigenvalue weighted by molar-refractivity contribution is 5.90. The number of carbonyl (C=O) groups is 2. The molecule has 23 heavy (non-hydrogen) atoms. The maximum Gasteiger partial charge on any atom is 0.312 e. The fraction of sp³-hybridized carbons (Fsp3) is 0.529. The number of nitrogens with two attached hydrogens (primary N) is 1. The summed E-state index contributed by atoms with van der Waals surface area (Å²) in [6, 6.07) is 7.80. The first-order valence-corrected chi connectivity index (χ1v) is 8.14. The minimum Gasteiger partial charge on any atom is -0.369 e. The highest BCUT2D eigenvalue weighted by atomic mass is 16.2. The lowest BCUT2D eigenvalue weighted by atomic mass is 10.2. The van der Waals surface area contributed by atoms with Crippen molar-refractivity contribution in [2.45, 2.75) is 46.1 Å². The van der Waals surface area contributed by atoms with E-state index in [-0.39, 0.29) is 5.91 Å². The van der Waals surface area contributed by atoms with Crippen LogP contribution in [-0.2, 0) is 4.79 Å². The van der Waals surface area contributed by atoms with Crippen LogP contribution in [0, 0.1) is 0 Å². The average Bonchev–Trinajstić information content (AvgIpc) is 2.48. The fourth-order valence-corrected chi connectivity index (χ4v) is 2.43. The van der Waals surface area contributed by atoms with Crippen LogP contribution in [0.15, 0.2) is 24.3 Å². The third kappa shape index (κ3) is 7.04. The minimum absolute atomic E-state index is 0.0203. The van der Waals surface area contributed by atoms with Crippen LogP contribution in [0.1, 0.15) is 40.0 Å². The molecule has 4 N–H and O–H groups in total. The first kappa shape index (κ1) is 18.8. The molecule has 0 aliphatic heterocycles. The van der Waals surface area contributed by atoms with Crippen LogP contribution in [0.25, 0.3) is 0 Å². The van der Waals surface area contributed by atoms with Gasteiger partial charge in [-0.1, -0.05) is 0 Å². The summed E-state index contributed by atoms with van der Waals surface area (Å²) in [6.45, 7) is 7.89. The van der Waals surface area contributed by atoms with Crippen LogP contribution in [0.3, 0.4) is 0 Å². The lowest BCUT2D eigenvalue weighted by Gasteiger charge is -2.27. The third-order valence-electron chi connectivity index (χ3n) is 3.58. The molecule has 0 fully saturated rings. The summed E-state index contributed by atoms with van der Waals surface area (Å²) < 4.78 is 0. The van der Waals surface area contributed by atoms with Crippen molar-refractivity contribution in [1.82, 2.24) is 5.32 Å². The Morgan fingerprint density at radius 1 is 1.17 bits per heavy atom. The molecule has 6 nitrogen and oxygen atoms in total. The first-order chi connectivity index (χ1) is 10.9. The van der Waals surface area contributed by atoms with Crippen molar-refractivity contribution in [2.75, 3.05) is 23.3 Å². The van der Waals surface area contributed by atoms with Crippen molar-refractivity contribution < 1.29 is 9.59 Å². The number of nitrogens with one attached hydrogen (secondary N) is 2. The average molecular weight is 320 g/mol. The molecular weight excluding hydrogens is 292 g/mol. The van der Waals surface area contributed by atoms with Crippen molar-refractivity contribution in [3.8, 4) is 0 Å². The number of carbonyl (C=O) groups excluding carboxylic acids is 2. The van der Waals surface area contributed by atoms with Gasteiger partial charge in [0.15, 0.2) is 0 Å². The molecule has 6 heteroatoms. The Morgan fingerprint density at radius 2 is 1.83 bits per heavy atom. The largest absolute Gasteiger partial charge is 0.369 e. The maximum atomic E-state index is 11.9. The van der Waals surface area contributed by atoms with Gasteiger partial charge in [-0.2, -0.15) is 0 Å². The molecule has 1 aromatic rings. The monoisotopic (exact) mass is 320 g/mol. The second-order valence-corrected chi connectivity index (χ2v) is 5.72. The molecule has 0 aromatic heterocycles. The van der Waals surface area contributed by atoms with Gasteiger partial charge in [0.05, 0.1) is 0 Å². The zero-order valence-electron chi connectivity index (χ0n) is 14.3. The number of amides is 3. The normalized spacial score (nSPS) is 10.4. The van der Waals surface area contributed by atoms with E-state index in [1.54, 1.807) is 0 Å². The molecular formula is C17H28N4O2. The van der Waals surface area contributed by atoms with Crippen molar-refractivity contribution in [1.29, 1.82) is 0 Å². The molecule has 0 aliphatic rings. The first-order valence-electron chi connectivity index (χ1n) is 8.14. The van der Waals surface area contributed by atoms with Gasteiger partial charge in [0, 0.05) is 36.9 Å². The molecule has 0 heterocycles. The molecule has 0 saturated heterocycles. The Bertz CT molecular complexity index is 500. The van der Waals surface area contributed by atoms with Gasteiger partial charge in [-0.25, -0.2) is 4.79 Å². The summed E-state index contributed by atoms with van der Waals surface area (Å²) in [4.78, 5) is 24.7. The standard InChI is InChI=1S/C17H28N4O2/c1-4-21(13(2)3)15-10-8-14(9-11-15)20-16(22)7-5-6-12-19-17(18)23/h8-11,13H,4-7,12H2,1-3H3,(H,20,22)(H3,18,19,23). The molecule has 0 aliphatic carbocycles. The Kier molecular flexibility index (Phi) is 7.94. The van der Waals surface area contributed by atoms with E-state index in [0.29, 0.717) is 25.4 Å². The van der Waals surface area contributed by atoms with Crippen LogP contribution in [0.2, 0.25) is 0 Å². The predicted octanol–water partition coefficient (Wildman–Crippen LogP) is 2.70. The Hall–Kier alpha value is -2.24. The fourth-order valence-electron chi connectivity index (χ4n) is 2.43. The van der Waals surface area contributed by atoms with E-state index in [1.165, 1.54) is 0 Å². The number of rotatable bonds is 9. The van der Waals surface area contributed by atoms with Crippen LogP contribution in [0.5, 0.6) is 0 Å². The Morgan fingerprint density at radius 3 is 2.35 bits per heavy atom. The molecule has 3 amide bonds. The quantitative estimate of drug-likeness (QED) is 0.611. The van der Waals surface area contributed by atoms with Gasteiger partial charge in [-0.05, 0) is 57.9 Å². The Balaban J connectivity index is 2.39. The van der Waals surface area contributed by atoms with Crippen molar-refractivity contribution in [3.05, 3.63) is 24.3 Å². The van der Waals surface area contributed by atoms with Gasteiger partial charge in [-0.15, -0.1) is 0 Å². The van der Waals surface area contributed by atoms with E-state index in [1.807, 2.05) is 24.3 Å². The van der Waals surface area contributed by atoms with Crippen LogP contribution >= 0.6 is 0 Å². The number of hydrogen-bond acceptors (Lipinski definition) is 3. The van der Waals surface area contributed by atoms with E-state index < -0.39 is 6.03 Å². The molecule has 0 radical (unpaired) electrons. The number of primary amides is 1. The summed E-state index contributed by atoms with van der Waals surface area (Å²) in [5.41, 5.74) is 6.92. The lowest BCUT2D eigenvalue weighted by molar-refractivity contribution is -0.116. The highest BCUT2D eigenvalue weighted by Crippen LogP contribution is 2.20. The summed E-state index contributed by atoms with van der Waals surface area (Å²) in [5, 5.41) is 5.39. The molecule has 0 atom stereocenters. The van der Waals surface area contributed by atoms with E-state index in [4.69, 9.17) is 5.73 Å². The maximum absolute atomic E-state index is 11.9. The number of unbranched alkanes of at least 4 members (excludes halogenated alkanes) is 1. The Labute approximate surface area is 138 Å². The summed E-state index contributed by atoms with van der Waals surface area (Å²) in [5.74, 6) is -0.0203. The third-order valence-corrected chi connectivity index (χ3v) is 3.58. The van der Waals surface area contributed by atoms with Gasteiger partial charge in [-0.3, -0.25) is 4.79 Å². The molecule has 128 valence electrons. The van der Waals surface area contributed by atoms with Crippen molar-refractivity contribution in [3.63, 3.8) is 0 Å². The lowest BCUT2D eigenvalue weighted by Crippen LogP contribution is -2.30. The summed E-state index contributed by atoms with van der Waals surface area (Å²) in [7, 11) is 0. The molecule has 0 unspecified atom stereocenters. The van der Waals surface area contributed by atoms with E-state index >= 15 is 0 Å². The SMILES string of the molecule is CCN(c1ccc(NC(=O)CCCCNC(N)=O)cc1)C(C)C. The number of anilines is 2. The second kappa shape index (κ2) is 9.71. The van der Waals surface area contributed by atoms with Crippen molar-refractivity contribution >= 4 is 23.3 Å². The van der Waals surface area contributed by atoms with Gasteiger partial charge in [0.1, 0.15) is 0 Å². The van der Waals surface area contributed by atoms with E-state index in [9.17, 15) is 9.59 Å². The zero-order chi connectivity index (χ0) is 17.2. The number of urea groups is 1. The molecule has 1 aromatic carbocycles. The van der Waals surface area contributed by atoms with Crippen LogP contribution in [0.4, 0.5) is 16.2 Å². The summed E-state index contributed by atoms with van der Waals surface area (Å²) in [6.07, 6.45) is 1.87. The number of benzene rings is 1. The van der Waals surface area contributed by atoms with Gasteiger partial charge < -0.3 is 21.3 Å². The van der Waals surface area contributed by atoms with Crippen molar-refractivity contribution in [2.24, 2.45) is 5.73 Å². The predicted molar refractivity (Wildman–Crippen MR) is 94.7 cm³/mol. The van der Waals surface area contributed by atoms with Gasteiger partial charge in [0.25, 0.3) is 0 Å².